The molecule has 3 nitrogen and oxygen atoms in total. The van der Waals surface area contributed by atoms with Gasteiger partial charge < -0.3 is 24.1 Å². The largest absolute Gasteiger partial charge is 2.00 e. The number of nitrogens with zero attached hydrogens (tertiary/aromatic N) is 1. The zero-order chi connectivity index (χ0) is 7.40. The summed E-state index contributed by atoms with van der Waals surface area (Å²) in [4.78, 5) is 12.8. The first-order chi connectivity index (χ1) is 4.84. The molecule has 0 unspecified atom stereocenters. The maximum atomic E-state index is 11.0. The summed E-state index contributed by atoms with van der Waals surface area (Å²) in [5.41, 5.74) is 0. The minimum Gasteiger partial charge on any atom is -0.358 e. The third-order valence-corrected chi connectivity index (χ3v) is 1.71. The third kappa shape index (κ3) is 4.03. The van der Waals surface area contributed by atoms with Crippen LogP contribution in [0.2, 0.25) is 0 Å². The molecule has 1 saturated heterocycles. The van der Waals surface area contributed by atoms with Crippen LogP contribution < -0.4 is 5.32 Å². The molecule has 1 aliphatic heterocycles. The topological polar surface area (TPSA) is 32.3 Å². The van der Waals surface area contributed by atoms with Gasteiger partial charge in [-0.05, 0) is 13.1 Å². The van der Waals surface area contributed by atoms with Crippen LogP contribution in [0, 0.1) is 13.8 Å². The Bertz CT molecular complexity index is 124. The molecule has 1 radical (unpaired) electrons. The van der Waals surface area contributed by atoms with Crippen molar-refractivity contribution in [3.63, 3.8) is 0 Å². The Morgan fingerprint density at radius 3 is 2.33 bits per heavy atom. The van der Waals surface area contributed by atoms with E-state index in [1.807, 2.05) is 4.90 Å². The number of piperidine rings is 1. The number of rotatable bonds is 0. The Kier molecular flexibility index (Phi) is 8.99. The van der Waals surface area contributed by atoms with Gasteiger partial charge in [-0.15, -0.1) is 0 Å². The molecule has 1 fully saturated rings. The Hall–Kier alpha value is -0.146. The molecule has 0 aromatic rings. The van der Waals surface area contributed by atoms with E-state index in [2.05, 4.69) is 11.7 Å². The molecule has 69 valence electrons. The number of carbonyl (C=O) groups is 1. The number of likely N-dealkylation sites (tertiary alicyclic amines) is 1. The fourth-order valence-electron chi connectivity index (χ4n) is 1.11. The van der Waals surface area contributed by atoms with Crippen LogP contribution in [0.3, 0.4) is 0 Å². The molecule has 12 heavy (non-hydrogen) atoms. The first-order valence-electron chi connectivity index (χ1n) is 3.63. The molecule has 0 spiro atoms. The van der Waals surface area contributed by atoms with Gasteiger partial charge in [0.05, 0.1) is 0 Å². The van der Waals surface area contributed by atoms with E-state index in [-0.39, 0.29) is 32.0 Å². The molecule has 0 aliphatic carbocycles. The van der Waals surface area contributed by atoms with Crippen molar-refractivity contribution in [2.24, 2.45) is 0 Å². The van der Waals surface area contributed by atoms with Crippen LogP contribution in [0.1, 0.15) is 12.8 Å². The number of urea groups is 1. The van der Waals surface area contributed by atoms with Crippen molar-refractivity contribution >= 4 is 6.03 Å². The average molecular weight is 207 g/mol. The summed E-state index contributed by atoms with van der Waals surface area (Å²) < 4.78 is 0. The molecule has 1 heterocycles. The minimum atomic E-state index is 0. The number of hydrogen-bond donors (Lipinski definition) is 1. The SMILES string of the molecule is CNC(=O)N1CC[CH-]CC1.[CH3-].[V+2]. The molecule has 0 aromatic heterocycles. The molecule has 1 N–H and O–H groups in total. The summed E-state index contributed by atoms with van der Waals surface area (Å²) in [5.74, 6) is 0. The fraction of sp³-hybridized carbons (Fsp3) is 0.625. The van der Waals surface area contributed by atoms with Crippen molar-refractivity contribution < 1.29 is 23.4 Å². The Morgan fingerprint density at radius 2 is 1.92 bits per heavy atom. The molecule has 0 bridgehead atoms. The van der Waals surface area contributed by atoms with Gasteiger partial charge in [0.25, 0.3) is 0 Å². The quantitative estimate of drug-likeness (QED) is 0.592. The van der Waals surface area contributed by atoms with E-state index >= 15 is 0 Å². The van der Waals surface area contributed by atoms with Crippen LogP contribution in [0.5, 0.6) is 0 Å². The zero-order valence-electron chi connectivity index (χ0n) is 7.71. The van der Waals surface area contributed by atoms with E-state index in [1.165, 1.54) is 0 Å². The summed E-state index contributed by atoms with van der Waals surface area (Å²) in [5, 5.41) is 2.61. The molecule has 0 aromatic carbocycles. The van der Waals surface area contributed by atoms with Gasteiger partial charge in [0, 0.05) is 7.05 Å². The van der Waals surface area contributed by atoms with Gasteiger partial charge in [-0.2, -0.15) is 12.8 Å². The van der Waals surface area contributed by atoms with Gasteiger partial charge in [0.1, 0.15) is 0 Å². The van der Waals surface area contributed by atoms with Gasteiger partial charge >= 0.3 is 24.6 Å². The van der Waals surface area contributed by atoms with Crippen molar-refractivity contribution in [2.45, 2.75) is 12.8 Å². The Morgan fingerprint density at radius 1 is 1.42 bits per heavy atom. The van der Waals surface area contributed by atoms with Crippen molar-refractivity contribution in [2.75, 3.05) is 20.1 Å². The maximum absolute atomic E-state index is 11.0. The minimum absolute atomic E-state index is 0. The molecule has 1 aliphatic rings. The molecule has 2 amide bonds. The van der Waals surface area contributed by atoms with E-state index < -0.39 is 0 Å². The van der Waals surface area contributed by atoms with Gasteiger partial charge in [0.15, 0.2) is 0 Å². The van der Waals surface area contributed by atoms with Crippen molar-refractivity contribution in [1.29, 1.82) is 0 Å². The molecular formula is C8H16N2OV. The van der Waals surface area contributed by atoms with Gasteiger partial charge in [-0.1, -0.05) is 0 Å². The molecule has 0 atom stereocenters. The summed E-state index contributed by atoms with van der Waals surface area (Å²) in [6.07, 6.45) is 4.29. The second-order valence-corrected chi connectivity index (χ2v) is 2.41. The zero-order valence-corrected chi connectivity index (χ0v) is 9.11. The normalized spacial score (nSPS) is 15.6. The standard InChI is InChI=1S/C7H13N2O.CH3.V/c1-8-7(10)9-5-3-2-4-6-9;;/h2H,3-6H2,1H3,(H,8,10);1H3;/q2*-1;+2. The Labute approximate surface area is 86.8 Å². The summed E-state index contributed by atoms with van der Waals surface area (Å²) in [6.45, 7) is 1.75. The first-order valence-corrected chi connectivity index (χ1v) is 3.63. The fourth-order valence-corrected chi connectivity index (χ4v) is 1.11. The van der Waals surface area contributed by atoms with Crippen molar-refractivity contribution in [3.05, 3.63) is 13.8 Å². The van der Waals surface area contributed by atoms with E-state index in [0.717, 1.165) is 25.9 Å². The summed E-state index contributed by atoms with van der Waals surface area (Å²) >= 11 is 0. The van der Waals surface area contributed by atoms with Crippen LogP contribution in [0.25, 0.3) is 0 Å². The van der Waals surface area contributed by atoms with Gasteiger partial charge in [-0.25, -0.2) is 4.79 Å². The molecular weight excluding hydrogens is 191 g/mol. The van der Waals surface area contributed by atoms with E-state index in [0.29, 0.717) is 0 Å². The van der Waals surface area contributed by atoms with E-state index in [9.17, 15) is 4.79 Å². The monoisotopic (exact) mass is 207 g/mol. The number of nitrogens with one attached hydrogen (secondary N) is 1. The van der Waals surface area contributed by atoms with E-state index in [4.69, 9.17) is 0 Å². The second-order valence-electron chi connectivity index (χ2n) is 2.41. The predicted octanol–water partition coefficient (Wildman–Crippen LogP) is 1.07. The first kappa shape index (κ1) is 14.4. The van der Waals surface area contributed by atoms with Crippen LogP contribution >= 0.6 is 0 Å². The summed E-state index contributed by atoms with van der Waals surface area (Å²) in [7, 11) is 1.67. The summed E-state index contributed by atoms with van der Waals surface area (Å²) in [6, 6.07) is 0.0492. The third-order valence-electron chi connectivity index (χ3n) is 1.71. The van der Waals surface area contributed by atoms with Crippen LogP contribution in [-0.2, 0) is 18.6 Å². The smallest absolute Gasteiger partial charge is 0.358 e. The van der Waals surface area contributed by atoms with Crippen molar-refractivity contribution in [1.82, 2.24) is 10.2 Å². The van der Waals surface area contributed by atoms with Crippen LogP contribution in [0.15, 0.2) is 0 Å². The van der Waals surface area contributed by atoms with Gasteiger partial charge in [-0.3, -0.25) is 0 Å². The van der Waals surface area contributed by atoms with Crippen molar-refractivity contribution in [3.8, 4) is 0 Å². The maximum Gasteiger partial charge on any atom is 2.00 e. The van der Waals surface area contributed by atoms with Crippen LogP contribution in [0.4, 0.5) is 4.79 Å². The number of hydrogen-bond acceptors (Lipinski definition) is 1. The number of carbonyl (C=O) groups excluding carboxylic acids is 1. The van der Waals surface area contributed by atoms with Crippen LogP contribution in [-0.4, -0.2) is 31.1 Å². The van der Waals surface area contributed by atoms with Gasteiger partial charge in [0.2, 0.25) is 0 Å². The second kappa shape index (κ2) is 7.50. The van der Waals surface area contributed by atoms with E-state index in [1.54, 1.807) is 7.05 Å². The molecule has 1 rings (SSSR count). The average Bonchev–Trinajstić information content (AvgIpc) is 2.05. The molecule has 4 heteroatoms. The number of amides is 2. The Balaban J connectivity index is 0. The molecule has 0 saturated carbocycles. The predicted molar refractivity (Wildman–Crippen MR) is 46.0 cm³/mol.